The molecule has 0 radical (unpaired) electrons. The van der Waals surface area contributed by atoms with Gasteiger partial charge in [0.25, 0.3) is 5.91 Å². The van der Waals surface area contributed by atoms with E-state index in [1.165, 1.54) is 13.0 Å². The summed E-state index contributed by atoms with van der Waals surface area (Å²) in [6, 6.07) is 4.24. The van der Waals surface area contributed by atoms with E-state index in [4.69, 9.17) is 9.47 Å². The van der Waals surface area contributed by atoms with Crippen LogP contribution in [0.25, 0.3) is 0 Å². The molecule has 0 aliphatic carbocycles. The number of aryl methyl sites for hydroxylation is 1. The van der Waals surface area contributed by atoms with Crippen molar-refractivity contribution in [1.82, 2.24) is 5.32 Å². The number of benzene rings is 2. The number of rotatable bonds is 5. The molecule has 2 N–H and O–H groups in total. The number of hydrogen-bond donors (Lipinski definition) is 2. The van der Waals surface area contributed by atoms with Crippen molar-refractivity contribution in [2.24, 2.45) is 0 Å². The number of fused-ring (bicyclic) bond motifs is 1. The highest BCUT2D eigenvalue weighted by Gasteiger charge is 2.34. The number of hydrogen-bond acceptors (Lipinski definition) is 5. The van der Waals surface area contributed by atoms with Crippen LogP contribution in [0.1, 0.15) is 29.7 Å². The standard InChI is InChI=1S/C20H20F4N2O5S/c1-10-6-13(14(21)8-15(10)26-32(3,28)29)11(2)25-19(27)18-9-30-16-5-4-12(20(22,23)24)7-17(16)31-18/h4-8,11,18,26H,9H2,1-3H3,(H,25,27)/t11-,18-/m1/s1. The molecule has 2 aromatic carbocycles. The zero-order valence-electron chi connectivity index (χ0n) is 17.2. The summed E-state index contributed by atoms with van der Waals surface area (Å²) in [6.07, 6.45) is -4.90. The van der Waals surface area contributed by atoms with Crippen molar-refractivity contribution in [2.45, 2.75) is 32.2 Å². The number of carbonyl (C=O) groups is 1. The molecule has 0 bridgehead atoms. The second-order valence-corrected chi connectivity index (χ2v) is 9.12. The summed E-state index contributed by atoms with van der Waals surface area (Å²) < 4.78 is 89.0. The van der Waals surface area contributed by atoms with Crippen molar-refractivity contribution in [3.8, 4) is 11.5 Å². The highest BCUT2D eigenvalue weighted by Crippen LogP contribution is 2.38. The smallest absolute Gasteiger partial charge is 0.416 e. The molecular formula is C20H20F4N2O5S. The lowest BCUT2D eigenvalue weighted by Crippen LogP contribution is -2.44. The first-order chi connectivity index (χ1) is 14.7. The third kappa shape index (κ3) is 5.42. The van der Waals surface area contributed by atoms with E-state index in [-0.39, 0.29) is 29.4 Å². The number of ether oxygens (including phenoxy) is 2. The fourth-order valence-electron chi connectivity index (χ4n) is 3.11. The SMILES string of the molecule is Cc1cc([C@@H](C)NC(=O)[C@H]2COc3ccc(C(F)(F)F)cc3O2)c(F)cc1NS(C)(=O)=O. The molecule has 0 saturated heterocycles. The van der Waals surface area contributed by atoms with Crippen molar-refractivity contribution in [2.75, 3.05) is 17.6 Å². The highest BCUT2D eigenvalue weighted by molar-refractivity contribution is 7.92. The van der Waals surface area contributed by atoms with Gasteiger partial charge in [0.2, 0.25) is 16.1 Å². The Morgan fingerprint density at radius 3 is 2.50 bits per heavy atom. The van der Waals surface area contributed by atoms with Crippen LogP contribution in [0, 0.1) is 12.7 Å². The van der Waals surface area contributed by atoms with Gasteiger partial charge in [-0.3, -0.25) is 9.52 Å². The van der Waals surface area contributed by atoms with Crippen molar-refractivity contribution < 1.29 is 40.2 Å². The normalized spacial score (nSPS) is 16.9. The number of carbonyl (C=O) groups excluding carboxylic acids is 1. The molecule has 0 unspecified atom stereocenters. The molecule has 0 aromatic heterocycles. The summed E-state index contributed by atoms with van der Waals surface area (Å²) in [5, 5.41) is 2.53. The minimum absolute atomic E-state index is 0.0633. The molecule has 7 nitrogen and oxygen atoms in total. The number of sulfonamides is 1. The molecule has 2 aromatic rings. The summed E-state index contributed by atoms with van der Waals surface area (Å²) in [6.45, 7) is 2.83. The Kier molecular flexibility index (Phi) is 6.27. The average Bonchev–Trinajstić information content (AvgIpc) is 2.67. The molecule has 1 heterocycles. The molecule has 0 spiro atoms. The third-order valence-corrected chi connectivity index (χ3v) is 5.28. The molecule has 3 rings (SSSR count). The molecule has 0 saturated carbocycles. The van der Waals surface area contributed by atoms with E-state index in [2.05, 4.69) is 10.0 Å². The highest BCUT2D eigenvalue weighted by atomic mass is 32.2. The van der Waals surface area contributed by atoms with Gasteiger partial charge in [0.05, 0.1) is 23.5 Å². The number of amides is 1. The van der Waals surface area contributed by atoms with Crippen LogP contribution in [0.3, 0.4) is 0 Å². The second-order valence-electron chi connectivity index (χ2n) is 7.37. The van der Waals surface area contributed by atoms with Gasteiger partial charge in [-0.25, -0.2) is 12.8 Å². The van der Waals surface area contributed by atoms with Crippen LogP contribution < -0.4 is 19.5 Å². The fourth-order valence-corrected chi connectivity index (χ4v) is 3.73. The monoisotopic (exact) mass is 476 g/mol. The largest absolute Gasteiger partial charge is 0.485 e. The first-order valence-electron chi connectivity index (χ1n) is 9.33. The number of anilines is 1. The van der Waals surface area contributed by atoms with Gasteiger partial charge in [-0.05, 0) is 49.7 Å². The summed E-state index contributed by atoms with van der Waals surface area (Å²) in [7, 11) is -3.61. The minimum Gasteiger partial charge on any atom is -0.485 e. The number of halogens is 4. The Labute approximate surface area is 181 Å². The molecule has 1 aliphatic rings. The van der Waals surface area contributed by atoms with Crippen LogP contribution in [-0.4, -0.2) is 33.3 Å². The molecule has 2 atom stereocenters. The first kappa shape index (κ1) is 23.6. The van der Waals surface area contributed by atoms with Crippen LogP contribution in [0.4, 0.5) is 23.2 Å². The lowest BCUT2D eigenvalue weighted by molar-refractivity contribution is -0.137. The maximum Gasteiger partial charge on any atom is 0.416 e. The van der Waals surface area contributed by atoms with Crippen LogP contribution in [0.15, 0.2) is 30.3 Å². The van der Waals surface area contributed by atoms with Crippen LogP contribution in [0.5, 0.6) is 11.5 Å². The maximum atomic E-state index is 14.6. The Bertz CT molecular complexity index is 1150. The molecule has 174 valence electrons. The van der Waals surface area contributed by atoms with E-state index in [1.807, 2.05) is 0 Å². The van der Waals surface area contributed by atoms with Gasteiger partial charge >= 0.3 is 6.18 Å². The summed E-state index contributed by atoms with van der Waals surface area (Å²) in [5.41, 5.74) is -0.367. The van der Waals surface area contributed by atoms with Gasteiger partial charge in [0.1, 0.15) is 12.4 Å². The van der Waals surface area contributed by atoms with Gasteiger partial charge < -0.3 is 14.8 Å². The Morgan fingerprint density at radius 2 is 1.88 bits per heavy atom. The second kappa shape index (κ2) is 8.49. The lowest BCUT2D eigenvalue weighted by atomic mass is 10.0. The van der Waals surface area contributed by atoms with Gasteiger partial charge in [0, 0.05) is 5.56 Å². The maximum absolute atomic E-state index is 14.6. The van der Waals surface area contributed by atoms with E-state index in [0.717, 1.165) is 30.5 Å². The van der Waals surface area contributed by atoms with E-state index < -0.39 is 45.6 Å². The van der Waals surface area contributed by atoms with Crippen molar-refractivity contribution in [3.63, 3.8) is 0 Å². The average molecular weight is 476 g/mol. The van der Waals surface area contributed by atoms with Crippen LogP contribution >= 0.6 is 0 Å². The number of alkyl halides is 3. The lowest BCUT2D eigenvalue weighted by Gasteiger charge is -2.27. The zero-order valence-corrected chi connectivity index (χ0v) is 18.0. The Morgan fingerprint density at radius 1 is 1.19 bits per heavy atom. The minimum atomic E-state index is -4.59. The van der Waals surface area contributed by atoms with Crippen molar-refractivity contribution in [1.29, 1.82) is 0 Å². The third-order valence-electron chi connectivity index (χ3n) is 4.69. The van der Waals surface area contributed by atoms with E-state index in [0.29, 0.717) is 5.56 Å². The van der Waals surface area contributed by atoms with Gasteiger partial charge in [0.15, 0.2) is 11.5 Å². The van der Waals surface area contributed by atoms with Crippen LogP contribution in [0.2, 0.25) is 0 Å². The van der Waals surface area contributed by atoms with Crippen molar-refractivity contribution >= 4 is 21.6 Å². The van der Waals surface area contributed by atoms with Gasteiger partial charge in [-0.2, -0.15) is 13.2 Å². The Hall–Kier alpha value is -3.02. The molecule has 0 fully saturated rings. The molecular weight excluding hydrogens is 456 g/mol. The fraction of sp³-hybridized carbons (Fsp3) is 0.350. The van der Waals surface area contributed by atoms with Gasteiger partial charge in [-0.1, -0.05) is 0 Å². The molecule has 12 heteroatoms. The van der Waals surface area contributed by atoms with E-state index in [1.54, 1.807) is 6.92 Å². The van der Waals surface area contributed by atoms with Crippen LogP contribution in [-0.2, 0) is 21.0 Å². The van der Waals surface area contributed by atoms with Crippen molar-refractivity contribution in [3.05, 3.63) is 52.8 Å². The molecule has 1 aliphatic heterocycles. The number of nitrogens with one attached hydrogen (secondary N) is 2. The quantitative estimate of drug-likeness (QED) is 0.644. The summed E-state index contributed by atoms with van der Waals surface area (Å²) in [4.78, 5) is 12.6. The predicted molar refractivity (Wildman–Crippen MR) is 108 cm³/mol. The van der Waals surface area contributed by atoms with E-state index >= 15 is 0 Å². The molecule has 32 heavy (non-hydrogen) atoms. The van der Waals surface area contributed by atoms with Gasteiger partial charge in [-0.15, -0.1) is 0 Å². The Balaban J connectivity index is 1.73. The predicted octanol–water partition coefficient (Wildman–Crippen LogP) is 3.54. The topological polar surface area (TPSA) is 93.7 Å². The van der Waals surface area contributed by atoms with E-state index in [9.17, 15) is 30.8 Å². The molecule has 1 amide bonds. The first-order valence-corrected chi connectivity index (χ1v) is 11.2. The summed E-state index contributed by atoms with van der Waals surface area (Å²) in [5.74, 6) is -1.62. The summed E-state index contributed by atoms with van der Waals surface area (Å²) >= 11 is 0. The zero-order chi connectivity index (χ0) is 23.8.